The molecule has 0 spiro atoms. The van der Waals surface area contributed by atoms with Crippen LogP contribution in [-0.2, 0) is 9.59 Å². The Morgan fingerprint density at radius 1 is 1.28 bits per heavy atom. The molecule has 0 aliphatic heterocycles. The monoisotopic (exact) mass is 253 g/mol. The van der Waals surface area contributed by atoms with Crippen molar-refractivity contribution in [3.05, 3.63) is 11.6 Å². The molecule has 102 valence electrons. The quantitative estimate of drug-likeness (QED) is 0.597. The van der Waals surface area contributed by atoms with E-state index in [4.69, 9.17) is 0 Å². The Bertz CT molecular complexity index is 336. The van der Waals surface area contributed by atoms with Gasteiger partial charge in [-0.25, -0.2) is 0 Å². The number of hydrogen-bond donors (Lipinski definition) is 2. The van der Waals surface area contributed by atoms with Crippen molar-refractivity contribution in [1.29, 1.82) is 0 Å². The topological polar surface area (TPSA) is 66.4 Å². The number of allylic oxidation sites excluding steroid dienone is 1. The van der Waals surface area contributed by atoms with Gasteiger partial charge in [0, 0.05) is 11.6 Å². The van der Waals surface area contributed by atoms with E-state index in [2.05, 4.69) is 5.32 Å². The average Bonchev–Trinajstić information content (AvgIpc) is 2.54. The number of carboxylic acids is 1. The van der Waals surface area contributed by atoms with Gasteiger partial charge in [0.15, 0.2) is 0 Å². The van der Waals surface area contributed by atoms with Gasteiger partial charge in [0.05, 0.1) is 5.92 Å². The van der Waals surface area contributed by atoms with Crippen molar-refractivity contribution in [3.63, 3.8) is 0 Å². The van der Waals surface area contributed by atoms with E-state index in [1.807, 2.05) is 13.0 Å². The standard InChI is InChI=1S/C14H23NO3/c1-3-7-10(2)13(16)15-12-9-6-4-5-8-11(12)14(17)18/h7,11-12H,3-6,8-9H2,1-2H3,(H,15,16)(H,17,18)/b10-7-/t11-,12-/m0/s1. The van der Waals surface area contributed by atoms with Crippen LogP contribution in [0.25, 0.3) is 0 Å². The highest BCUT2D eigenvalue weighted by Gasteiger charge is 2.30. The van der Waals surface area contributed by atoms with E-state index in [1.54, 1.807) is 6.92 Å². The second-order valence-electron chi connectivity index (χ2n) is 4.96. The Morgan fingerprint density at radius 3 is 2.56 bits per heavy atom. The molecule has 2 atom stereocenters. The first-order valence-corrected chi connectivity index (χ1v) is 6.76. The summed E-state index contributed by atoms with van der Waals surface area (Å²) in [7, 11) is 0. The molecule has 0 aromatic carbocycles. The summed E-state index contributed by atoms with van der Waals surface area (Å²) in [5, 5.41) is 12.1. The van der Waals surface area contributed by atoms with Crippen LogP contribution in [0.4, 0.5) is 0 Å². The van der Waals surface area contributed by atoms with Crippen LogP contribution in [0.3, 0.4) is 0 Å². The predicted molar refractivity (Wildman–Crippen MR) is 70.2 cm³/mol. The number of nitrogens with one attached hydrogen (secondary N) is 1. The summed E-state index contributed by atoms with van der Waals surface area (Å²) in [6.07, 6.45) is 7.09. The van der Waals surface area contributed by atoms with E-state index in [-0.39, 0.29) is 11.9 Å². The van der Waals surface area contributed by atoms with Crippen LogP contribution in [0, 0.1) is 5.92 Å². The molecule has 0 saturated heterocycles. The first kappa shape index (κ1) is 14.7. The molecule has 1 rings (SSSR count). The first-order valence-electron chi connectivity index (χ1n) is 6.76. The molecule has 1 amide bonds. The van der Waals surface area contributed by atoms with Crippen molar-refractivity contribution in [3.8, 4) is 0 Å². The molecule has 18 heavy (non-hydrogen) atoms. The Balaban J connectivity index is 2.69. The molecule has 0 unspecified atom stereocenters. The smallest absolute Gasteiger partial charge is 0.308 e. The summed E-state index contributed by atoms with van der Waals surface area (Å²) < 4.78 is 0. The van der Waals surface area contributed by atoms with E-state index in [9.17, 15) is 14.7 Å². The van der Waals surface area contributed by atoms with Crippen LogP contribution in [0.2, 0.25) is 0 Å². The second kappa shape index (κ2) is 7.19. The van der Waals surface area contributed by atoms with E-state index < -0.39 is 11.9 Å². The Kier molecular flexibility index (Phi) is 5.89. The van der Waals surface area contributed by atoms with Crippen molar-refractivity contribution in [2.45, 2.75) is 58.4 Å². The fourth-order valence-corrected chi connectivity index (χ4v) is 2.46. The molecule has 0 bridgehead atoms. The molecule has 0 heterocycles. The molecular weight excluding hydrogens is 230 g/mol. The Hall–Kier alpha value is -1.32. The third-order valence-corrected chi connectivity index (χ3v) is 3.52. The number of carbonyl (C=O) groups is 2. The first-order chi connectivity index (χ1) is 8.56. The Labute approximate surface area is 108 Å². The van der Waals surface area contributed by atoms with E-state index in [0.29, 0.717) is 12.0 Å². The summed E-state index contributed by atoms with van der Waals surface area (Å²) in [4.78, 5) is 23.1. The van der Waals surface area contributed by atoms with Gasteiger partial charge in [-0.3, -0.25) is 9.59 Å². The predicted octanol–water partition coefficient (Wildman–Crippen LogP) is 2.49. The largest absolute Gasteiger partial charge is 0.481 e. The highest BCUT2D eigenvalue weighted by molar-refractivity contribution is 5.93. The fraction of sp³-hybridized carbons (Fsp3) is 0.714. The summed E-state index contributed by atoms with van der Waals surface area (Å²) in [5.74, 6) is -1.36. The van der Waals surface area contributed by atoms with Crippen molar-refractivity contribution >= 4 is 11.9 Å². The lowest BCUT2D eigenvalue weighted by molar-refractivity contribution is -0.143. The number of carboxylic acid groups (broad SMARTS) is 1. The molecule has 0 radical (unpaired) electrons. The molecular formula is C14H23NO3. The van der Waals surface area contributed by atoms with E-state index in [1.165, 1.54) is 0 Å². The van der Waals surface area contributed by atoms with Crippen LogP contribution in [0.1, 0.15) is 52.4 Å². The molecule has 0 aromatic heterocycles. The third kappa shape index (κ3) is 4.17. The minimum Gasteiger partial charge on any atom is -0.481 e. The number of amides is 1. The molecule has 2 N–H and O–H groups in total. The van der Waals surface area contributed by atoms with Crippen molar-refractivity contribution < 1.29 is 14.7 Å². The molecule has 4 heteroatoms. The second-order valence-corrected chi connectivity index (χ2v) is 4.96. The zero-order valence-electron chi connectivity index (χ0n) is 11.2. The van der Waals surface area contributed by atoms with E-state index >= 15 is 0 Å². The summed E-state index contributed by atoms with van der Waals surface area (Å²) in [6.45, 7) is 3.74. The SMILES string of the molecule is CC/C=C(/C)C(=O)N[C@H]1CCCCC[C@@H]1C(=O)O. The normalized spacial score (nSPS) is 25.3. The lowest BCUT2D eigenvalue weighted by Crippen LogP contribution is -2.43. The maximum atomic E-state index is 11.9. The zero-order chi connectivity index (χ0) is 13.5. The minimum atomic E-state index is -0.792. The number of hydrogen-bond acceptors (Lipinski definition) is 2. The van der Waals surface area contributed by atoms with Gasteiger partial charge in [-0.05, 0) is 26.2 Å². The van der Waals surface area contributed by atoms with Crippen molar-refractivity contribution in [1.82, 2.24) is 5.32 Å². The highest BCUT2D eigenvalue weighted by atomic mass is 16.4. The fourth-order valence-electron chi connectivity index (χ4n) is 2.46. The number of rotatable bonds is 4. The van der Waals surface area contributed by atoms with Gasteiger partial charge in [0.1, 0.15) is 0 Å². The van der Waals surface area contributed by atoms with Crippen molar-refractivity contribution in [2.24, 2.45) is 5.92 Å². The zero-order valence-corrected chi connectivity index (χ0v) is 11.2. The van der Waals surface area contributed by atoms with Crippen LogP contribution in [0.15, 0.2) is 11.6 Å². The number of carbonyl (C=O) groups excluding carboxylic acids is 1. The average molecular weight is 253 g/mol. The molecule has 1 aliphatic rings. The van der Waals surface area contributed by atoms with Crippen LogP contribution >= 0.6 is 0 Å². The van der Waals surface area contributed by atoms with Crippen LogP contribution in [-0.4, -0.2) is 23.0 Å². The third-order valence-electron chi connectivity index (χ3n) is 3.52. The van der Waals surface area contributed by atoms with Crippen LogP contribution < -0.4 is 5.32 Å². The summed E-state index contributed by atoms with van der Waals surface area (Å²) >= 11 is 0. The molecule has 4 nitrogen and oxygen atoms in total. The van der Waals surface area contributed by atoms with Gasteiger partial charge >= 0.3 is 5.97 Å². The van der Waals surface area contributed by atoms with Gasteiger partial charge in [0.25, 0.3) is 0 Å². The summed E-state index contributed by atoms with van der Waals surface area (Å²) in [5.41, 5.74) is 0.672. The van der Waals surface area contributed by atoms with Gasteiger partial charge in [-0.15, -0.1) is 0 Å². The van der Waals surface area contributed by atoms with Gasteiger partial charge in [-0.1, -0.05) is 32.3 Å². The molecule has 1 fully saturated rings. The number of aliphatic carboxylic acids is 1. The summed E-state index contributed by atoms with van der Waals surface area (Å²) in [6, 6.07) is -0.224. The van der Waals surface area contributed by atoms with Gasteiger partial charge in [-0.2, -0.15) is 0 Å². The highest BCUT2D eigenvalue weighted by Crippen LogP contribution is 2.24. The van der Waals surface area contributed by atoms with Crippen LogP contribution in [0.5, 0.6) is 0 Å². The molecule has 0 aromatic rings. The van der Waals surface area contributed by atoms with E-state index in [0.717, 1.165) is 32.1 Å². The maximum absolute atomic E-state index is 11.9. The maximum Gasteiger partial charge on any atom is 0.308 e. The van der Waals surface area contributed by atoms with Crippen molar-refractivity contribution in [2.75, 3.05) is 0 Å². The molecule has 1 aliphatic carbocycles. The van der Waals surface area contributed by atoms with Gasteiger partial charge in [0.2, 0.25) is 5.91 Å². The lowest BCUT2D eigenvalue weighted by atomic mass is 9.94. The van der Waals surface area contributed by atoms with Gasteiger partial charge < -0.3 is 10.4 Å². The Morgan fingerprint density at radius 2 is 1.94 bits per heavy atom. The lowest BCUT2D eigenvalue weighted by Gasteiger charge is -2.23. The minimum absolute atomic E-state index is 0.130. The molecule has 1 saturated carbocycles.